The molecule has 0 saturated carbocycles. The van der Waals surface area contributed by atoms with Gasteiger partial charge in [-0.05, 0) is 46.4 Å². The summed E-state index contributed by atoms with van der Waals surface area (Å²) in [4.78, 5) is 2.34. The van der Waals surface area contributed by atoms with Crippen LogP contribution in [0, 0.1) is 0 Å². The molecular weight excluding hydrogens is 124 g/mol. The number of hydrogen-bond acceptors (Lipinski definition) is 2. The summed E-state index contributed by atoms with van der Waals surface area (Å²) >= 11 is 0. The van der Waals surface area contributed by atoms with E-state index in [0.717, 1.165) is 6.04 Å². The summed E-state index contributed by atoms with van der Waals surface area (Å²) < 4.78 is 0. The zero-order valence-corrected chi connectivity index (χ0v) is 7.06. The Labute approximate surface area is 63.6 Å². The number of rotatable bonds is 1. The lowest BCUT2D eigenvalue weighted by Gasteiger charge is -2.21. The van der Waals surface area contributed by atoms with Crippen molar-refractivity contribution < 1.29 is 0 Å². The average molecular weight is 142 g/mol. The second-order valence-electron chi connectivity index (χ2n) is 3.30. The minimum Gasteiger partial charge on any atom is -0.317 e. The molecule has 0 aliphatic carbocycles. The van der Waals surface area contributed by atoms with Crippen molar-refractivity contribution in [1.29, 1.82) is 0 Å². The van der Waals surface area contributed by atoms with Gasteiger partial charge in [0.2, 0.25) is 0 Å². The van der Waals surface area contributed by atoms with Crippen LogP contribution in [0.5, 0.6) is 0 Å². The molecule has 0 amide bonds. The van der Waals surface area contributed by atoms with Gasteiger partial charge in [0.1, 0.15) is 0 Å². The molecule has 1 saturated heterocycles. The zero-order valence-electron chi connectivity index (χ0n) is 7.06. The standard InChI is InChI=1S/C8H18N2/c1-10(2)8-4-3-6-9-7-5-8/h8-9H,3-7H2,1-2H3. The van der Waals surface area contributed by atoms with E-state index in [2.05, 4.69) is 24.3 Å². The first-order valence-electron chi connectivity index (χ1n) is 4.18. The van der Waals surface area contributed by atoms with Gasteiger partial charge in [-0.1, -0.05) is 0 Å². The van der Waals surface area contributed by atoms with Gasteiger partial charge in [0, 0.05) is 6.04 Å². The maximum absolute atomic E-state index is 3.41. The van der Waals surface area contributed by atoms with Crippen molar-refractivity contribution in [2.75, 3.05) is 27.2 Å². The lowest BCUT2D eigenvalue weighted by molar-refractivity contribution is 0.272. The summed E-state index contributed by atoms with van der Waals surface area (Å²) in [6, 6.07) is 0.815. The highest BCUT2D eigenvalue weighted by Crippen LogP contribution is 2.09. The van der Waals surface area contributed by atoms with Gasteiger partial charge in [0.15, 0.2) is 0 Å². The van der Waals surface area contributed by atoms with Gasteiger partial charge >= 0.3 is 0 Å². The van der Waals surface area contributed by atoms with Gasteiger partial charge in [-0.2, -0.15) is 0 Å². The highest BCUT2D eigenvalue weighted by atomic mass is 15.1. The smallest absolute Gasteiger partial charge is 0.0102 e. The summed E-state index contributed by atoms with van der Waals surface area (Å²) in [6.45, 7) is 2.41. The monoisotopic (exact) mass is 142 g/mol. The lowest BCUT2D eigenvalue weighted by atomic mass is 10.1. The van der Waals surface area contributed by atoms with Crippen molar-refractivity contribution >= 4 is 0 Å². The Hall–Kier alpha value is -0.0800. The fourth-order valence-corrected chi connectivity index (χ4v) is 1.52. The molecule has 0 bridgehead atoms. The molecule has 0 aromatic carbocycles. The van der Waals surface area contributed by atoms with Crippen LogP contribution in [0.1, 0.15) is 19.3 Å². The molecule has 2 nitrogen and oxygen atoms in total. The highest BCUT2D eigenvalue weighted by molar-refractivity contribution is 4.71. The molecular formula is C8H18N2. The summed E-state index contributed by atoms with van der Waals surface area (Å²) in [5, 5.41) is 3.41. The van der Waals surface area contributed by atoms with Gasteiger partial charge in [0.25, 0.3) is 0 Å². The van der Waals surface area contributed by atoms with Gasteiger partial charge in [-0.15, -0.1) is 0 Å². The lowest BCUT2D eigenvalue weighted by Crippen LogP contribution is -2.28. The average Bonchev–Trinajstić information content (AvgIpc) is 2.12. The zero-order chi connectivity index (χ0) is 7.40. The van der Waals surface area contributed by atoms with Crippen LogP contribution in [0.3, 0.4) is 0 Å². The first-order chi connectivity index (χ1) is 4.80. The second-order valence-corrected chi connectivity index (χ2v) is 3.30. The first-order valence-corrected chi connectivity index (χ1v) is 4.18. The first kappa shape index (κ1) is 8.02. The summed E-state index contributed by atoms with van der Waals surface area (Å²) in [5.41, 5.74) is 0. The molecule has 1 aliphatic heterocycles. The molecule has 1 unspecified atom stereocenters. The van der Waals surface area contributed by atoms with Crippen LogP contribution in [-0.4, -0.2) is 38.1 Å². The van der Waals surface area contributed by atoms with Crippen molar-refractivity contribution in [2.45, 2.75) is 25.3 Å². The molecule has 0 spiro atoms. The third kappa shape index (κ3) is 2.27. The summed E-state index contributed by atoms with van der Waals surface area (Å²) in [6.07, 6.45) is 4.01. The Kier molecular flexibility index (Phi) is 3.16. The predicted octanol–water partition coefficient (Wildman–Crippen LogP) is 0.690. The molecule has 1 aliphatic rings. The molecule has 0 aromatic rings. The summed E-state index contributed by atoms with van der Waals surface area (Å²) in [5.74, 6) is 0. The Morgan fingerprint density at radius 1 is 1.20 bits per heavy atom. The van der Waals surface area contributed by atoms with E-state index in [1.165, 1.54) is 32.4 Å². The normalized spacial score (nSPS) is 28.5. The fourth-order valence-electron chi connectivity index (χ4n) is 1.52. The maximum atomic E-state index is 3.41. The highest BCUT2D eigenvalue weighted by Gasteiger charge is 2.12. The van der Waals surface area contributed by atoms with Crippen molar-refractivity contribution in [3.8, 4) is 0 Å². The molecule has 60 valence electrons. The molecule has 1 rings (SSSR count). The van der Waals surface area contributed by atoms with Gasteiger partial charge < -0.3 is 10.2 Å². The molecule has 1 atom stereocenters. The number of nitrogens with zero attached hydrogens (tertiary/aromatic N) is 1. The number of hydrogen-bond donors (Lipinski definition) is 1. The largest absolute Gasteiger partial charge is 0.317 e. The summed E-state index contributed by atoms with van der Waals surface area (Å²) in [7, 11) is 4.35. The van der Waals surface area contributed by atoms with E-state index >= 15 is 0 Å². The van der Waals surface area contributed by atoms with Gasteiger partial charge in [-0.25, -0.2) is 0 Å². The van der Waals surface area contributed by atoms with E-state index in [1.54, 1.807) is 0 Å². The van der Waals surface area contributed by atoms with Crippen LogP contribution in [0.2, 0.25) is 0 Å². The Balaban J connectivity index is 2.28. The maximum Gasteiger partial charge on any atom is 0.0102 e. The van der Waals surface area contributed by atoms with E-state index < -0.39 is 0 Å². The van der Waals surface area contributed by atoms with Gasteiger partial charge in [-0.3, -0.25) is 0 Å². The van der Waals surface area contributed by atoms with Crippen molar-refractivity contribution in [1.82, 2.24) is 10.2 Å². The van der Waals surface area contributed by atoms with E-state index in [4.69, 9.17) is 0 Å². The minimum absolute atomic E-state index is 0.815. The van der Waals surface area contributed by atoms with Crippen LogP contribution in [0.15, 0.2) is 0 Å². The van der Waals surface area contributed by atoms with Crippen molar-refractivity contribution in [3.63, 3.8) is 0 Å². The predicted molar refractivity (Wildman–Crippen MR) is 44.2 cm³/mol. The topological polar surface area (TPSA) is 15.3 Å². The third-order valence-electron chi connectivity index (χ3n) is 2.28. The van der Waals surface area contributed by atoms with Crippen LogP contribution in [0.4, 0.5) is 0 Å². The minimum atomic E-state index is 0.815. The molecule has 10 heavy (non-hydrogen) atoms. The van der Waals surface area contributed by atoms with Crippen molar-refractivity contribution in [3.05, 3.63) is 0 Å². The van der Waals surface area contributed by atoms with Crippen molar-refractivity contribution in [2.24, 2.45) is 0 Å². The molecule has 1 heterocycles. The molecule has 2 heteroatoms. The molecule has 0 radical (unpaired) electrons. The molecule has 0 aromatic heterocycles. The van der Waals surface area contributed by atoms with E-state index in [1.807, 2.05) is 0 Å². The van der Waals surface area contributed by atoms with Gasteiger partial charge in [0.05, 0.1) is 0 Å². The van der Waals surface area contributed by atoms with E-state index in [9.17, 15) is 0 Å². The van der Waals surface area contributed by atoms with Crippen LogP contribution < -0.4 is 5.32 Å². The number of nitrogens with one attached hydrogen (secondary N) is 1. The third-order valence-corrected chi connectivity index (χ3v) is 2.28. The van der Waals surface area contributed by atoms with E-state index in [-0.39, 0.29) is 0 Å². The van der Waals surface area contributed by atoms with Crippen LogP contribution in [0.25, 0.3) is 0 Å². The fraction of sp³-hybridized carbons (Fsp3) is 1.00. The molecule has 1 fully saturated rings. The Morgan fingerprint density at radius 2 is 2.00 bits per heavy atom. The van der Waals surface area contributed by atoms with Crippen LogP contribution in [-0.2, 0) is 0 Å². The SMILES string of the molecule is CN(C)C1CCCNCC1. The molecule has 1 N–H and O–H groups in total. The second kappa shape index (κ2) is 3.94. The quantitative estimate of drug-likeness (QED) is 0.579. The Morgan fingerprint density at radius 3 is 2.70 bits per heavy atom. The van der Waals surface area contributed by atoms with Crippen LogP contribution >= 0.6 is 0 Å². The van der Waals surface area contributed by atoms with E-state index in [0.29, 0.717) is 0 Å². The Bertz CT molecular complexity index is 83.3.